The third kappa shape index (κ3) is 3.82. The first-order chi connectivity index (χ1) is 7.00. The second kappa shape index (κ2) is 5.50. The van der Waals surface area contributed by atoms with Gasteiger partial charge in [0.15, 0.2) is 0 Å². The SMILES string of the molecule is CC(C)CCN1CCC(C(=O)O)CC1C. The molecule has 0 saturated carbocycles. The highest BCUT2D eigenvalue weighted by molar-refractivity contribution is 5.70. The molecule has 0 aromatic carbocycles. The maximum absolute atomic E-state index is 10.9. The number of rotatable bonds is 4. The quantitative estimate of drug-likeness (QED) is 0.778. The minimum Gasteiger partial charge on any atom is -0.481 e. The van der Waals surface area contributed by atoms with Gasteiger partial charge in [-0.1, -0.05) is 13.8 Å². The van der Waals surface area contributed by atoms with Gasteiger partial charge < -0.3 is 10.0 Å². The highest BCUT2D eigenvalue weighted by Gasteiger charge is 2.29. The molecule has 1 heterocycles. The zero-order chi connectivity index (χ0) is 11.4. The number of aliphatic carboxylic acids is 1. The van der Waals surface area contributed by atoms with Gasteiger partial charge in [0.05, 0.1) is 5.92 Å². The lowest BCUT2D eigenvalue weighted by atomic mass is 9.91. The summed E-state index contributed by atoms with van der Waals surface area (Å²) in [5, 5.41) is 8.94. The van der Waals surface area contributed by atoms with Crippen molar-refractivity contribution in [3.05, 3.63) is 0 Å². The summed E-state index contributed by atoms with van der Waals surface area (Å²) in [5.41, 5.74) is 0. The predicted molar refractivity (Wildman–Crippen MR) is 60.8 cm³/mol. The van der Waals surface area contributed by atoms with Gasteiger partial charge in [-0.25, -0.2) is 0 Å². The van der Waals surface area contributed by atoms with Crippen LogP contribution in [0.3, 0.4) is 0 Å². The second-order valence-electron chi connectivity index (χ2n) is 5.13. The van der Waals surface area contributed by atoms with E-state index in [2.05, 4.69) is 25.7 Å². The van der Waals surface area contributed by atoms with Crippen LogP contribution in [0.5, 0.6) is 0 Å². The number of nitrogens with zero attached hydrogens (tertiary/aromatic N) is 1. The van der Waals surface area contributed by atoms with Gasteiger partial charge in [-0.2, -0.15) is 0 Å². The number of likely N-dealkylation sites (tertiary alicyclic amines) is 1. The molecule has 0 aromatic heterocycles. The molecule has 1 aliphatic rings. The van der Waals surface area contributed by atoms with E-state index in [9.17, 15) is 4.79 Å². The van der Waals surface area contributed by atoms with Crippen LogP contribution in [0.25, 0.3) is 0 Å². The Morgan fingerprint density at radius 1 is 1.53 bits per heavy atom. The molecule has 0 radical (unpaired) electrons. The lowest BCUT2D eigenvalue weighted by Crippen LogP contribution is -2.43. The van der Waals surface area contributed by atoms with Crippen LogP contribution in [0, 0.1) is 11.8 Å². The molecular weight excluding hydrogens is 190 g/mol. The molecule has 1 aliphatic heterocycles. The van der Waals surface area contributed by atoms with Crippen molar-refractivity contribution < 1.29 is 9.90 Å². The normalized spacial score (nSPS) is 28.3. The Balaban J connectivity index is 2.35. The summed E-state index contributed by atoms with van der Waals surface area (Å²) in [6.07, 6.45) is 2.84. The summed E-state index contributed by atoms with van der Waals surface area (Å²) >= 11 is 0. The smallest absolute Gasteiger partial charge is 0.306 e. The summed E-state index contributed by atoms with van der Waals surface area (Å²) in [6, 6.07) is 0.429. The third-order valence-corrected chi connectivity index (χ3v) is 3.36. The van der Waals surface area contributed by atoms with E-state index in [0.717, 1.165) is 31.8 Å². The van der Waals surface area contributed by atoms with Crippen molar-refractivity contribution in [1.29, 1.82) is 0 Å². The maximum Gasteiger partial charge on any atom is 0.306 e. The van der Waals surface area contributed by atoms with Crippen LogP contribution >= 0.6 is 0 Å². The van der Waals surface area contributed by atoms with E-state index in [4.69, 9.17) is 5.11 Å². The third-order valence-electron chi connectivity index (χ3n) is 3.36. The standard InChI is InChI=1S/C12H23NO2/c1-9(2)4-6-13-7-5-11(12(14)15)8-10(13)3/h9-11H,4-8H2,1-3H3,(H,14,15). The number of carboxylic acid groups (broad SMARTS) is 1. The minimum atomic E-state index is -0.620. The van der Waals surface area contributed by atoms with Gasteiger partial charge >= 0.3 is 5.97 Å². The van der Waals surface area contributed by atoms with Crippen molar-refractivity contribution in [3.63, 3.8) is 0 Å². The van der Waals surface area contributed by atoms with Gasteiger partial charge in [0.25, 0.3) is 0 Å². The lowest BCUT2D eigenvalue weighted by molar-refractivity contribution is -0.144. The first-order valence-corrected chi connectivity index (χ1v) is 5.97. The maximum atomic E-state index is 10.9. The summed E-state index contributed by atoms with van der Waals surface area (Å²) in [5.74, 6) is -0.00458. The van der Waals surface area contributed by atoms with E-state index < -0.39 is 5.97 Å². The van der Waals surface area contributed by atoms with Crippen LogP contribution in [0.15, 0.2) is 0 Å². The van der Waals surface area contributed by atoms with Crippen molar-refractivity contribution in [2.45, 2.75) is 46.1 Å². The molecule has 1 saturated heterocycles. The minimum absolute atomic E-state index is 0.115. The van der Waals surface area contributed by atoms with Gasteiger partial charge in [0.1, 0.15) is 0 Å². The molecule has 3 nitrogen and oxygen atoms in total. The fourth-order valence-electron chi connectivity index (χ4n) is 2.20. The molecule has 0 aromatic rings. The van der Waals surface area contributed by atoms with E-state index in [1.807, 2.05) is 0 Å². The fourth-order valence-corrected chi connectivity index (χ4v) is 2.20. The highest BCUT2D eigenvalue weighted by atomic mass is 16.4. The summed E-state index contributed by atoms with van der Waals surface area (Å²) in [7, 11) is 0. The Morgan fingerprint density at radius 2 is 2.20 bits per heavy atom. The number of carboxylic acids is 1. The zero-order valence-corrected chi connectivity index (χ0v) is 10.1. The average molecular weight is 213 g/mol. The van der Waals surface area contributed by atoms with E-state index in [1.54, 1.807) is 0 Å². The van der Waals surface area contributed by atoms with Crippen LogP contribution in [0.2, 0.25) is 0 Å². The van der Waals surface area contributed by atoms with Gasteiger partial charge in [-0.05, 0) is 45.2 Å². The monoisotopic (exact) mass is 213 g/mol. The Hall–Kier alpha value is -0.570. The summed E-state index contributed by atoms with van der Waals surface area (Å²) in [4.78, 5) is 13.3. The molecule has 1 fully saturated rings. The fraction of sp³-hybridized carbons (Fsp3) is 0.917. The van der Waals surface area contributed by atoms with Crippen LogP contribution in [0.1, 0.15) is 40.0 Å². The molecule has 1 rings (SSSR count). The summed E-state index contributed by atoms with van der Waals surface area (Å²) < 4.78 is 0. The molecule has 15 heavy (non-hydrogen) atoms. The van der Waals surface area contributed by atoms with Crippen LogP contribution in [0.4, 0.5) is 0 Å². The number of hydrogen-bond acceptors (Lipinski definition) is 2. The van der Waals surface area contributed by atoms with Crippen molar-refractivity contribution in [2.24, 2.45) is 11.8 Å². The lowest BCUT2D eigenvalue weighted by Gasteiger charge is -2.36. The molecule has 1 N–H and O–H groups in total. The number of piperidine rings is 1. The van der Waals surface area contributed by atoms with Crippen molar-refractivity contribution >= 4 is 5.97 Å². The van der Waals surface area contributed by atoms with E-state index in [-0.39, 0.29) is 5.92 Å². The average Bonchev–Trinajstić information content (AvgIpc) is 2.15. The first-order valence-electron chi connectivity index (χ1n) is 5.97. The zero-order valence-electron chi connectivity index (χ0n) is 10.1. The van der Waals surface area contributed by atoms with Gasteiger partial charge in [-0.15, -0.1) is 0 Å². The van der Waals surface area contributed by atoms with Gasteiger partial charge in [0.2, 0.25) is 0 Å². The van der Waals surface area contributed by atoms with Crippen molar-refractivity contribution in [2.75, 3.05) is 13.1 Å². The molecule has 0 bridgehead atoms. The Bertz CT molecular complexity index is 216. The number of hydrogen-bond donors (Lipinski definition) is 1. The highest BCUT2D eigenvalue weighted by Crippen LogP contribution is 2.23. The topological polar surface area (TPSA) is 40.5 Å². The second-order valence-corrected chi connectivity index (χ2v) is 5.13. The Kier molecular flexibility index (Phi) is 4.58. The molecule has 88 valence electrons. The molecule has 2 atom stereocenters. The van der Waals surface area contributed by atoms with E-state index >= 15 is 0 Å². The van der Waals surface area contributed by atoms with Crippen LogP contribution in [-0.4, -0.2) is 35.1 Å². The predicted octanol–water partition coefficient (Wildman–Crippen LogP) is 2.22. The van der Waals surface area contributed by atoms with E-state index in [1.165, 1.54) is 6.42 Å². The Morgan fingerprint density at radius 3 is 2.67 bits per heavy atom. The van der Waals surface area contributed by atoms with Crippen molar-refractivity contribution in [3.8, 4) is 0 Å². The van der Waals surface area contributed by atoms with Crippen molar-refractivity contribution in [1.82, 2.24) is 4.90 Å². The van der Waals surface area contributed by atoms with E-state index in [0.29, 0.717) is 6.04 Å². The van der Waals surface area contributed by atoms with Gasteiger partial charge in [0, 0.05) is 6.04 Å². The molecule has 0 amide bonds. The first kappa shape index (κ1) is 12.5. The molecule has 0 spiro atoms. The van der Waals surface area contributed by atoms with Gasteiger partial charge in [-0.3, -0.25) is 4.79 Å². The van der Waals surface area contributed by atoms with Crippen LogP contribution in [-0.2, 0) is 4.79 Å². The molecular formula is C12H23NO2. The molecule has 3 heteroatoms. The van der Waals surface area contributed by atoms with Crippen LogP contribution < -0.4 is 0 Å². The molecule has 2 unspecified atom stereocenters. The number of carbonyl (C=O) groups is 1. The Labute approximate surface area is 92.5 Å². The molecule has 0 aliphatic carbocycles. The summed E-state index contributed by atoms with van der Waals surface area (Å²) in [6.45, 7) is 8.68. The largest absolute Gasteiger partial charge is 0.481 e.